The predicted octanol–water partition coefficient (Wildman–Crippen LogP) is 3.31. The molecule has 2 nitrogen and oxygen atoms in total. The summed E-state index contributed by atoms with van der Waals surface area (Å²) in [5.74, 6) is 2.06. The second kappa shape index (κ2) is 3.80. The zero-order chi connectivity index (χ0) is 11.1. The SMILES string of the molecule is CC(C)(CC(=O)O)CC1CC2CCC1C2. The summed E-state index contributed by atoms with van der Waals surface area (Å²) < 4.78 is 0. The average molecular weight is 210 g/mol. The summed E-state index contributed by atoms with van der Waals surface area (Å²) in [6.45, 7) is 4.21. The van der Waals surface area contributed by atoms with E-state index >= 15 is 0 Å². The van der Waals surface area contributed by atoms with Gasteiger partial charge in [0.25, 0.3) is 0 Å². The molecule has 2 heteroatoms. The van der Waals surface area contributed by atoms with E-state index in [1.807, 2.05) is 0 Å². The molecular formula is C13H22O2. The lowest BCUT2D eigenvalue weighted by molar-refractivity contribution is -0.139. The zero-order valence-corrected chi connectivity index (χ0v) is 9.83. The molecule has 86 valence electrons. The first-order valence-electron chi connectivity index (χ1n) is 6.18. The Morgan fingerprint density at radius 2 is 2.07 bits per heavy atom. The second-order valence-corrected chi connectivity index (χ2v) is 6.37. The molecule has 0 saturated heterocycles. The second-order valence-electron chi connectivity index (χ2n) is 6.37. The number of carboxylic acids is 1. The molecule has 2 aliphatic rings. The summed E-state index contributed by atoms with van der Waals surface area (Å²) in [6, 6.07) is 0. The molecule has 15 heavy (non-hydrogen) atoms. The lowest BCUT2D eigenvalue weighted by Crippen LogP contribution is -2.23. The van der Waals surface area contributed by atoms with Crippen LogP contribution in [0.4, 0.5) is 0 Å². The molecule has 2 fully saturated rings. The molecule has 0 radical (unpaired) electrons. The summed E-state index contributed by atoms with van der Waals surface area (Å²) >= 11 is 0. The summed E-state index contributed by atoms with van der Waals surface area (Å²) in [6.07, 6.45) is 7.06. The fourth-order valence-electron chi connectivity index (χ4n) is 3.82. The molecule has 0 heterocycles. The zero-order valence-electron chi connectivity index (χ0n) is 9.83. The largest absolute Gasteiger partial charge is 0.481 e. The van der Waals surface area contributed by atoms with E-state index in [1.165, 1.54) is 25.7 Å². The number of hydrogen-bond donors (Lipinski definition) is 1. The van der Waals surface area contributed by atoms with Crippen molar-refractivity contribution < 1.29 is 9.90 Å². The van der Waals surface area contributed by atoms with Crippen LogP contribution in [0.15, 0.2) is 0 Å². The Kier molecular flexibility index (Phi) is 2.78. The highest BCUT2D eigenvalue weighted by molar-refractivity contribution is 5.67. The third-order valence-corrected chi connectivity index (χ3v) is 4.33. The minimum absolute atomic E-state index is 0.0129. The molecule has 3 unspecified atom stereocenters. The molecule has 3 atom stereocenters. The third kappa shape index (κ3) is 2.53. The first kappa shape index (κ1) is 11.0. The molecule has 2 rings (SSSR count). The van der Waals surface area contributed by atoms with Crippen LogP contribution in [0.2, 0.25) is 0 Å². The highest BCUT2D eigenvalue weighted by Crippen LogP contribution is 2.52. The Balaban J connectivity index is 1.88. The van der Waals surface area contributed by atoms with Gasteiger partial charge in [-0.15, -0.1) is 0 Å². The van der Waals surface area contributed by atoms with Gasteiger partial charge in [-0.1, -0.05) is 20.3 Å². The minimum atomic E-state index is -0.650. The van der Waals surface area contributed by atoms with Crippen LogP contribution in [-0.4, -0.2) is 11.1 Å². The van der Waals surface area contributed by atoms with E-state index in [0.29, 0.717) is 6.42 Å². The van der Waals surface area contributed by atoms with E-state index in [1.54, 1.807) is 0 Å². The Hall–Kier alpha value is -0.530. The lowest BCUT2D eigenvalue weighted by Gasteiger charge is -2.30. The van der Waals surface area contributed by atoms with Crippen molar-refractivity contribution in [3.8, 4) is 0 Å². The van der Waals surface area contributed by atoms with Gasteiger partial charge in [0.2, 0.25) is 0 Å². The van der Waals surface area contributed by atoms with Gasteiger partial charge in [-0.3, -0.25) is 4.79 Å². The van der Waals surface area contributed by atoms with E-state index in [-0.39, 0.29) is 5.41 Å². The van der Waals surface area contributed by atoms with Crippen molar-refractivity contribution in [3.05, 3.63) is 0 Å². The lowest BCUT2D eigenvalue weighted by atomic mass is 9.74. The molecule has 0 aromatic carbocycles. The molecule has 1 N–H and O–H groups in total. The Labute approximate surface area is 92.1 Å². The third-order valence-electron chi connectivity index (χ3n) is 4.33. The quantitative estimate of drug-likeness (QED) is 0.773. The molecule has 2 aliphatic carbocycles. The van der Waals surface area contributed by atoms with Crippen molar-refractivity contribution in [1.29, 1.82) is 0 Å². The Bertz CT molecular complexity index is 257. The number of aliphatic carboxylic acids is 1. The molecular weight excluding hydrogens is 188 g/mol. The van der Waals surface area contributed by atoms with Crippen LogP contribution in [0.5, 0.6) is 0 Å². The highest BCUT2D eigenvalue weighted by atomic mass is 16.4. The number of fused-ring (bicyclic) bond motifs is 2. The highest BCUT2D eigenvalue weighted by Gasteiger charge is 2.41. The maximum absolute atomic E-state index is 10.7. The molecule has 0 aliphatic heterocycles. The van der Waals surface area contributed by atoms with Crippen LogP contribution in [0, 0.1) is 23.2 Å². The Morgan fingerprint density at radius 1 is 1.33 bits per heavy atom. The van der Waals surface area contributed by atoms with Gasteiger partial charge in [0.1, 0.15) is 0 Å². The van der Waals surface area contributed by atoms with Crippen LogP contribution in [0.1, 0.15) is 52.4 Å². The van der Waals surface area contributed by atoms with Gasteiger partial charge in [-0.2, -0.15) is 0 Å². The van der Waals surface area contributed by atoms with Crippen molar-refractivity contribution in [3.63, 3.8) is 0 Å². The molecule has 0 amide bonds. The van der Waals surface area contributed by atoms with Gasteiger partial charge in [0.15, 0.2) is 0 Å². The Morgan fingerprint density at radius 3 is 2.53 bits per heavy atom. The van der Waals surface area contributed by atoms with Gasteiger partial charge in [0, 0.05) is 0 Å². The minimum Gasteiger partial charge on any atom is -0.481 e. The van der Waals surface area contributed by atoms with E-state index in [9.17, 15) is 4.79 Å². The maximum Gasteiger partial charge on any atom is 0.303 e. The van der Waals surface area contributed by atoms with Crippen molar-refractivity contribution in [2.45, 2.75) is 52.4 Å². The smallest absolute Gasteiger partial charge is 0.303 e. The monoisotopic (exact) mass is 210 g/mol. The number of carboxylic acid groups (broad SMARTS) is 1. The van der Waals surface area contributed by atoms with Gasteiger partial charge in [-0.05, 0) is 48.9 Å². The van der Waals surface area contributed by atoms with E-state index < -0.39 is 5.97 Å². The standard InChI is InChI=1S/C13H22O2/c1-13(2,8-12(14)15)7-11-6-9-3-4-10(11)5-9/h9-11H,3-8H2,1-2H3,(H,14,15). The predicted molar refractivity (Wildman–Crippen MR) is 59.6 cm³/mol. The average Bonchev–Trinajstić information content (AvgIpc) is 2.60. The number of hydrogen-bond acceptors (Lipinski definition) is 1. The fraction of sp³-hybridized carbons (Fsp3) is 0.923. The van der Waals surface area contributed by atoms with Crippen molar-refractivity contribution >= 4 is 5.97 Å². The van der Waals surface area contributed by atoms with Crippen molar-refractivity contribution in [2.75, 3.05) is 0 Å². The number of carbonyl (C=O) groups is 1. The number of rotatable bonds is 4. The van der Waals surface area contributed by atoms with Gasteiger partial charge < -0.3 is 5.11 Å². The molecule has 0 aromatic heterocycles. The maximum atomic E-state index is 10.7. The molecule has 2 saturated carbocycles. The van der Waals surface area contributed by atoms with Crippen molar-refractivity contribution in [1.82, 2.24) is 0 Å². The van der Waals surface area contributed by atoms with Crippen LogP contribution in [0.25, 0.3) is 0 Å². The molecule has 2 bridgehead atoms. The van der Waals surface area contributed by atoms with E-state index in [2.05, 4.69) is 13.8 Å². The van der Waals surface area contributed by atoms with E-state index in [4.69, 9.17) is 5.11 Å². The molecule has 0 spiro atoms. The topological polar surface area (TPSA) is 37.3 Å². The van der Waals surface area contributed by atoms with Gasteiger partial charge >= 0.3 is 5.97 Å². The molecule has 0 aromatic rings. The van der Waals surface area contributed by atoms with Crippen LogP contribution >= 0.6 is 0 Å². The fourth-order valence-corrected chi connectivity index (χ4v) is 3.82. The summed E-state index contributed by atoms with van der Waals surface area (Å²) in [5, 5.41) is 8.85. The van der Waals surface area contributed by atoms with E-state index in [0.717, 1.165) is 24.2 Å². The normalized spacial score (nSPS) is 34.7. The summed E-state index contributed by atoms with van der Waals surface area (Å²) in [7, 11) is 0. The van der Waals surface area contributed by atoms with Gasteiger partial charge in [-0.25, -0.2) is 0 Å². The van der Waals surface area contributed by atoms with Crippen LogP contribution in [-0.2, 0) is 4.79 Å². The van der Waals surface area contributed by atoms with Crippen LogP contribution < -0.4 is 0 Å². The van der Waals surface area contributed by atoms with Crippen molar-refractivity contribution in [2.24, 2.45) is 23.2 Å². The van der Waals surface area contributed by atoms with Gasteiger partial charge in [0.05, 0.1) is 6.42 Å². The summed E-state index contributed by atoms with van der Waals surface area (Å²) in [4.78, 5) is 10.7. The summed E-state index contributed by atoms with van der Waals surface area (Å²) in [5.41, 5.74) is -0.0129. The first-order valence-corrected chi connectivity index (χ1v) is 6.18. The van der Waals surface area contributed by atoms with Crippen LogP contribution in [0.3, 0.4) is 0 Å². The first-order chi connectivity index (χ1) is 6.96.